The van der Waals surface area contributed by atoms with E-state index in [0.717, 1.165) is 10.7 Å². The van der Waals surface area contributed by atoms with Gasteiger partial charge >= 0.3 is 0 Å². The van der Waals surface area contributed by atoms with Crippen molar-refractivity contribution in [1.82, 2.24) is 30.5 Å². The molecule has 1 unspecified atom stereocenters. The molecule has 8 heteroatoms. The van der Waals surface area contributed by atoms with Crippen LogP contribution in [-0.4, -0.2) is 31.1 Å². The molecule has 0 bridgehead atoms. The molecular formula is C19H24N6OS. The average molecular weight is 385 g/mol. The Morgan fingerprint density at radius 3 is 2.56 bits per heavy atom. The zero-order chi connectivity index (χ0) is 19.4. The Morgan fingerprint density at radius 1 is 1.19 bits per heavy atom. The number of rotatable bonds is 7. The number of amides is 1. The lowest BCUT2D eigenvalue weighted by atomic mass is 10.0. The summed E-state index contributed by atoms with van der Waals surface area (Å²) in [6.45, 7) is 8.75. The Kier molecular flexibility index (Phi) is 5.95. The van der Waals surface area contributed by atoms with E-state index in [0.29, 0.717) is 23.9 Å². The van der Waals surface area contributed by atoms with Crippen molar-refractivity contribution in [3.05, 3.63) is 57.8 Å². The molecule has 2 aromatic heterocycles. The molecule has 1 N–H and O–H groups in total. The van der Waals surface area contributed by atoms with Crippen LogP contribution in [0.15, 0.2) is 35.7 Å². The number of nitrogens with one attached hydrogen (secondary N) is 1. The SMILES string of the molecule is CC(C)c1nc(Cn2nnc(C(NC(=O)c3ccccc3)C(C)C)n2)cs1. The molecule has 3 rings (SSSR count). The van der Waals surface area contributed by atoms with E-state index in [-0.39, 0.29) is 17.9 Å². The number of carbonyl (C=O) groups is 1. The zero-order valence-corrected chi connectivity index (χ0v) is 16.8. The van der Waals surface area contributed by atoms with Gasteiger partial charge in [0.05, 0.1) is 16.7 Å². The number of hydrogen-bond donors (Lipinski definition) is 1. The molecule has 0 radical (unpaired) electrons. The molecule has 0 aliphatic heterocycles. The van der Waals surface area contributed by atoms with Gasteiger partial charge in [-0.2, -0.15) is 4.80 Å². The first-order chi connectivity index (χ1) is 12.9. The fourth-order valence-corrected chi connectivity index (χ4v) is 3.42. The minimum absolute atomic E-state index is 0.127. The second-order valence-electron chi connectivity index (χ2n) is 7.07. The largest absolute Gasteiger partial charge is 0.342 e. The summed E-state index contributed by atoms with van der Waals surface area (Å²) in [7, 11) is 0. The Hall–Kier alpha value is -2.61. The minimum Gasteiger partial charge on any atom is -0.342 e. The quantitative estimate of drug-likeness (QED) is 0.674. The summed E-state index contributed by atoms with van der Waals surface area (Å²) < 4.78 is 0. The summed E-state index contributed by atoms with van der Waals surface area (Å²) in [4.78, 5) is 18.6. The van der Waals surface area contributed by atoms with Crippen molar-refractivity contribution in [2.75, 3.05) is 0 Å². The van der Waals surface area contributed by atoms with E-state index in [2.05, 4.69) is 39.6 Å². The third-order valence-corrected chi connectivity index (χ3v) is 5.30. The number of tetrazole rings is 1. The van der Waals surface area contributed by atoms with Crippen LogP contribution in [0.3, 0.4) is 0 Å². The molecule has 2 heterocycles. The highest BCUT2D eigenvalue weighted by atomic mass is 32.1. The van der Waals surface area contributed by atoms with Crippen LogP contribution < -0.4 is 5.32 Å². The molecule has 142 valence electrons. The van der Waals surface area contributed by atoms with Crippen molar-refractivity contribution in [3.8, 4) is 0 Å². The third-order valence-electron chi connectivity index (χ3n) is 4.10. The summed E-state index contributed by atoms with van der Waals surface area (Å²) in [5, 5.41) is 18.9. The highest BCUT2D eigenvalue weighted by Gasteiger charge is 2.24. The van der Waals surface area contributed by atoms with Crippen LogP contribution in [0.25, 0.3) is 0 Å². The summed E-state index contributed by atoms with van der Waals surface area (Å²) >= 11 is 1.64. The summed E-state index contributed by atoms with van der Waals surface area (Å²) in [6, 6.07) is 8.82. The minimum atomic E-state index is -0.312. The zero-order valence-electron chi connectivity index (χ0n) is 16.0. The molecule has 0 aliphatic carbocycles. The van der Waals surface area contributed by atoms with Gasteiger partial charge in [0.25, 0.3) is 5.91 Å². The first kappa shape index (κ1) is 19.2. The van der Waals surface area contributed by atoms with Gasteiger partial charge in [-0.3, -0.25) is 4.79 Å². The second kappa shape index (κ2) is 8.39. The molecule has 0 saturated carbocycles. The van der Waals surface area contributed by atoms with Gasteiger partial charge in [-0.15, -0.1) is 21.5 Å². The molecule has 1 atom stereocenters. The highest BCUT2D eigenvalue weighted by molar-refractivity contribution is 7.09. The van der Waals surface area contributed by atoms with E-state index in [4.69, 9.17) is 0 Å². The van der Waals surface area contributed by atoms with Crippen LogP contribution in [-0.2, 0) is 6.54 Å². The van der Waals surface area contributed by atoms with Gasteiger partial charge < -0.3 is 5.32 Å². The first-order valence-electron chi connectivity index (χ1n) is 9.02. The first-order valence-corrected chi connectivity index (χ1v) is 9.90. The van der Waals surface area contributed by atoms with Crippen LogP contribution in [0.4, 0.5) is 0 Å². The normalized spacial score (nSPS) is 12.5. The van der Waals surface area contributed by atoms with Crippen molar-refractivity contribution >= 4 is 17.2 Å². The predicted molar refractivity (Wildman–Crippen MR) is 105 cm³/mol. The Balaban J connectivity index is 1.72. The van der Waals surface area contributed by atoms with Crippen LogP contribution >= 0.6 is 11.3 Å². The number of nitrogens with zero attached hydrogens (tertiary/aromatic N) is 5. The van der Waals surface area contributed by atoms with Crippen molar-refractivity contribution < 1.29 is 4.79 Å². The summed E-state index contributed by atoms with van der Waals surface area (Å²) in [5.41, 5.74) is 1.53. The molecule has 27 heavy (non-hydrogen) atoms. The van der Waals surface area contributed by atoms with Gasteiger partial charge in [-0.1, -0.05) is 45.9 Å². The smallest absolute Gasteiger partial charge is 0.251 e. The maximum absolute atomic E-state index is 12.5. The number of carbonyl (C=O) groups excluding carboxylic acids is 1. The van der Waals surface area contributed by atoms with Gasteiger partial charge in [0, 0.05) is 16.9 Å². The van der Waals surface area contributed by atoms with E-state index in [1.54, 1.807) is 23.5 Å². The Labute approximate surface area is 162 Å². The van der Waals surface area contributed by atoms with E-state index in [1.807, 2.05) is 37.4 Å². The van der Waals surface area contributed by atoms with Crippen LogP contribution in [0.5, 0.6) is 0 Å². The molecule has 1 aromatic carbocycles. The van der Waals surface area contributed by atoms with E-state index in [9.17, 15) is 4.79 Å². The number of thiazole rings is 1. The fourth-order valence-electron chi connectivity index (χ4n) is 2.60. The molecule has 0 spiro atoms. The van der Waals surface area contributed by atoms with E-state index in [1.165, 1.54) is 4.80 Å². The molecule has 1 amide bonds. The van der Waals surface area contributed by atoms with Crippen LogP contribution in [0, 0.1) is 5.92 Å². The lowest BCUT2D eigenvalue weighted by Crippen LogP contribution is -2.32. The Morgan fingerprint density at radius 2 is 1.93 bits per heavy atom. The predicted octanol–water partition coefficient (Wildman–Crippen LogP) is 3.43. The summed E-state index contributed by atoms with van der Waals surface area (Å²) in [6.07, 6.45) is 0. The topological polar surface area (TPSA) is 85.6 Å². The monoisotopic (exact) mass is 384 g/mol. The van der Waals surface area contributed by atoms with Gasteiger partial charge in [0.1, 0.15) is 6.54 Å². The lowest BCUT2D eigenvalue weighted by Gasteiger charge is -2.19. The molecular weight excluding hydrogens is 360 g/mol. The van der Waals surface area contributed by atoms with Crippen LogP contribution in [0.2, 0.25) is 0 Å². The van der Waals surface area contributed by atoms with Crippen molar-refractivity contribution in [1.29, 1.82) is 0 Å². The number of aromatic nitrogens is 5. The Bertz CT molecular complexity index is 887. The van der Waals surface area contributed by atoms with Crippen molar-refractivity contribution in [2.24, 2.45) is 5.92 Å². The maximum atomic E-state index is 12.5. The molecule has 0 aliphatic rings. The highest BCUT2D eigenvalue weighted by Crippen LogP contribution is 2.20. The van der Waals surface area contributed by atoms with E-state index < -0.39 is 0 Å². The molecule has 7 nitrogen and oxygen atoms in total. The molecule has 3 aromatic rings. The number of hydrogen-bond acceptors (Lipinski definition) is 6. The van der Waals surface area contributed by atoms with E-state index >= 15 is 0 Å². The fraction of sp³-hybridized carbons (Fsp3) is 0.421. The van der Waals surface area contributed by atoms with Gasteiger partial charge in [0.15, 0.2) is 5.82 Å². The third kappa shape index (κ3) is 4.77. The van der Waals surface area contributed by atoms with Gasteiger partial charge in [-0.25, -0.2) is 4.98 Å². The second-order valence-corrected chi connectivity index (χ2v) is 7.96. The van der Waals surface area contributed by atoms with Gasteiger partial charge in [0.2, 0.25) is 0 Å². The molecule has 0 fully saturated rings. The summed E-state index contributed by atoms with van der Waals surface area (Å²) in [5.74, 6) is 0.893. The van der Waals surface area contributed by atoms with Crippen molar-refractivity contribution in [2.45, 2.75) is 46.2 Å². The van der Waals surface area contributed by atoms with Gasteiger partial charge in [-0.05, 0) is 23.3 Å². The molecule has 0 saturated heterocycles. The lowest BCUT2D eigenvalue weighted by molar-refractivity contribution is 0.0923. The average Bonchev–Trinajstić information content (AvgIpc) is 3.30. The maximum Gasteiger partial charge on any atom is 0.251 e. The number of benzene rings is 1. The van der Waals surface area contributed by atoms with Crippen LogP contribution in [0.1, 0.15) is 66.5 Å². The standard InChI is InChI=1S/C19H24N6OS/c1-12(2)16(21-18(26)14-8-6-5-7-9-14)17-22-24-25(23-17)10-15-11-27-19(20-15)13(3)4/h5-9,11-13,16H,10H2,1-4H3,(H,21,26). The van der Waals surface area contributed by atoms with Crippen molar-refractivity contribution in [3.63, 3.8) is 0 Å².